The highest BCUT2D eigenvalue weighted by molar-refractivity contribution is 5.81. The lowest BCUT2D eigenvalue weighted by Crippen LogP contribution is -2.46. The maximum absolute atomic E-state index is 4.59. The monoisotopic (exact) mass is 305 g/mol. The molecule has 22 heavy (non-hydrogen) atoms. The van der Waals surface area contributed by atoms with Crippen LogP contribution >= 0.6 is 0 Å². The topological polar surface area (TPSA) is 36.4 Å². The van der Waals surface area contributed by atoms with Gasteiger partial charge in [0.2, 0.25) is 0 Å². The molecule has 1 aliphatic heterocycles. The fraction of sp³-hybridized carbons (Fsp3) is 0.947. The van der Waals surface area contributed by atoms with Crippen molar-refractivity contribution in [3.63, 3.8) is 0 Å². The van der Waals surface area contributed by atoms with Gasteiger partial charge in [-0.2, -0.15) is 0 Å². The van der Waals surface area contributed by atoms with E-state index >= 15 is 0 Å². The maximum Gasteiger partial charge on any atom is 0.191 e. The quantitative estimate of drug-likeness (QED) is 0.802. The van der Waals surface area contributed by atoms with E-state index in [1.54, 1.807) is 0 Å². The summed E-state index contributed by atoms with van der Waals surface area (Å²) in [7, 11) is 0. The minimum Gasteiger partial charge on any atom is -0.355 e. The van der Waals surface area contributed by atoms with Crippen LogP contribution in [0.5, 0.6) is 0 Å². The first kappa shape index (κ1) is 16.1. The number of nitrogens with one attached hydrogen (secondary N) is 2. The van der Waals surface area contributed by atoms with Crippen LogP contribution in [0.1, 0.15) is 77.6 Å². The zero-order chi connectivity index (χ0) is 15.2. The molecule has 2 saturated carbocycles. The number of guanidine groups is 1. The Morgan fingerprint density at radius 2 is 1.82 bits per heavy atom. The predicted octanol–water partition coefficient (Wildman–Crippen LogP) is 4.09. The lowest BCUT2D eigenvalue weighted by molar-refractivity contribution is 0.196. The van der Waals surface area contributed by atoms with Gasteiger partial charge in [0.15, 0.2) is 5.96 Å². The molecule has 2 aliphatic carbocycles. The Morgan fingerprint density at radius 1 is 1.05 bits per heavy atom. The van der Waals surface area contributed by atoms with E-state index in [1.165, 1.54) is 70.6 Å². The molecule has 3 rings (SSSR count). The van der Waals surface area contributed by atoms with Gasteiger partial charge in [-0.25, -0.2) is 0 Å². The molecule has 3 heteroatoms. The number of aliphatic imine (C=N–C) groups is 1. The zero-order valence-corrected chi connectivity index (χ0v) is 14.4. The van der Waals surface area contributed by atoms with Gasteiger partial charge in [0.1, 0.15) is 0 Å². The smallest absolute Gasteiger partial charge is 0.191 e. The summed E-state index contributed by atoms with van der Waals surface area (Å²) in [5, 5.41) is 7.23. The van der Waals surface area contributed by atoms with Crippen molar-refractivity contribution in [3.05, 3.63) is 0 Å². The fourth-order valence-electron chi connectivity index (χ4n) is 4.82. The summed E-state index contributed by atoms with van der Waals surface area (Å²) in [6, 6.07) is 0.658. The lowest BCUT2D eigenvalue weighted by Gasteiger charge is -2.37. The molecular formula is C19H35N3. The van der Waals surface area contributed by atoms with Crippen LogP contribution in [-0.4, -0.2) is 25.1 Å². The van der Waals surface area contributed by atoms with Crippen molar-refractivity contribution >= 4 is 5.96 Å². The van der Waals surface area contributed by atoms with Crippen LogP contribution in [0.2, 0.25) is 0 Å². The Morgan fingerprint density at radius 3 is 2.45 bits per heavy atom. The van der Waals surface area contributed by atoms with Crippen LogP contribution in [0, 0.1) is 17.8 Å². The Kier molecular flexibility index (Phi) is 6.03. The molecule has 0 aromatic carbocycles. The molecule has 0 spiro atoms. The maximum atomic E-state index is 4.59. The van der Waals surface area contributed by atoms with Crippen molar-refractivity contribution in [1.29, 1.82) is 0 Å². The number of hydrogen-bond acceptors (Lipinski definition) is 3. The molecule has 0 amide bonds. The Labute approximate surface area is 136 Å². The third-order valence-electron chi connectivity index (χ3n) is 6.35. The first-order valence-corrected chi connectivity index (χ1v) is 9.90. The molecule has 126 valence electrons. The van der Waals surface area contributed by atoms with Gasteiger partial charge in [-0.15, -0.1) is 0 Å². The van der Waals surface area contributed by atoms with Crippen molar-refractivity contribution in [2.24, 2.45) is 22.7 Å². The van der Waals surface area contributed by atoms with Gasteiger partial charge < -0.3 is 10.6 Å². The molecule has 2 N–H and O–H groups in total. The van der Waals surface area contributed by atoms with Crippen molar-refractivity contribution in [2.45, 2.75) is 83.6 Å². The van der Waals surface area contributed by atoms with Crippen molar-refractivity contribution in [3.8, 4) is 0 Å². The van der Waals surface area contributed by atoms with Gasteiger partial charge in [-0.05, 0) is 37.0 Å². The Bertz CT molecular complexity index is 352. The van der Waals surface area contributed by atoms with Gasteiger partial charge in [-0.1, -0.05) is 58.3 Å². The van der Waals surface area contributed by atoms with Crippen LogP contribution in [0.4, 0.5) is 0 Å². The summed E-state index contributed by atoms with van der Waals surface area (Å²) in [6.07, 6.45) is 15.8. The second-order valence-electron chi connectivity index (χ2n) is 7.84. The van der Waals surface area contributed by atoms with E-state index < -0.39 is 0 Å². The SMILES string of the molecule is CCC1CCC(C(CC2CCCCC2)NC2=NCCN2)CC1. The van der Waals surface area contributed by atoms with Gasteiger partial charge in [0, 0.05) is 12.6 Å². The van der Waals surface area contributed by atoms with Crippen molar-refractivity contribution < 1.29 is 0 Å². The molecule has 2 fully saturated rings. The summed E-state index contributed by atoms with van der Waals surface area (Å²) < 4.78 is 0. The summed E-state index contributed by atoms with van der Waals surface area (Å²) in [4.78, 5) is 4.59. The fourth-order valence-corrected chi connectivity index (χ4v) is 4.82. The summed E-state index contributed by atoms with van der Waals surface area (Å²) in [5.41, 5.74) is 0. The third-order valence-corrected chi connectivity index (χ3v) is 6.35. The van der Waals surface area contributed by atoms with E-state index in [0.717, 1.165) is 36.8 Å². The molecule has 3 aliphatic rings. The molecule has 1 atom stereocenters. The minimum absolute atomic E-state index is 0.658. The van der Waals surface area contributed by atoms with E-state index in [-0.39, 0.29) is 0 Å². The average molecular weight is 306 g/mol. The van der Waals surface area contributed by atoms with Gasteiger partial charge in [0.05, 0.1) is 6.54 Å². The van der Waals surface area contributed by atoms with Crippen LogP contribution in [0.15, 0.2) is 4.99 Å². The molecule has 0 saturated heterocycles. The molecule has 3 nitrogen and oxygen atoms in total. The number of rotatable bonds is 5. The zero-order valence-electron chi connectivity index (χ0n) is 14.4. The Hall–Kier alpha value is -0.730. The lowest BCUT2D eigenvalue weighted by atomic mass is 9.74. The van der Waals surface area contributed by atoms with Gasteiger partial charge in [-0.3, -0.25) is 4.99 Å². The van der Waals surface area contributed by atoms with E-state index in [0.29, 0.717) is 6.04 Å². The second kappa shape index (κ2) is 8.21. The highest BCUT2D eigenvalue weighted by atomic mass is 15.2. The van der Waals surface area contributed by atoms with Crippen LogP contribution in [-0.2, 0) is 0 Å². The van der Waals surface area contributed by atoms with Gasteiger partial charge in [0.25, 0.3) is 0 Å². The normalized spacial score (nSPS) is 31.4. The summed E-state index contributed by atoms with van der Waals surface area (Å²) >= 11 is 0. The first-order valence-electron chi connectivity index (χ1n) is 9.90. The third kappa shape index (κ3) is 4.39. The van der Waals surface area contributed by atoms with E-state index in [9.17, 15) is 0 Å². The van der Waals surface area contributed by atoms with E-state index in [1.807, 2.05) is 0 Å². The van der Waals surface area contributed by atoms with Crippen molar-refractivity contribution in [1.82, 2.24) is 10.6 Å². The first-order chi connectivity index (χ1) is 10.8. The van der Waals surface area contributed by atoms with E-state index in [2.05, 4.69) is 22.5 Å². The molecule has 1 heterocycles. The van der Waals surface area contributed by atoms with Crippen molar-refractivity contribution in [2.75, 3.05) is 13.1 Å². The molecule has 0 aromatic rings. The van der Waals surface area contributed by atoms with Crippen LogP contribution < -0.4 is 10.6 Å². The molecule has 0 bridgehead atoms. The molecular weight excluding hydrogens is 270 g/mol. The number of hydrogen-bond donors (Lipinski definition) is 2. The largest absolute Gasteiger partial charge is 0.355 e. The average Bonchev–Trinajstić information content (AvgIpc) is 3.08. The summed E-state index contributed by atoms with van der Waals surface area (Å²) in [6.45, 7) is 4.32. The highest BCUT2D eigenvalue weighted by Gasteiger charge is 2.30. The Balaban J connectivity index is 1.57. The second-order valence-corrected chi connectivity index (χ2v) is 7.84. The minimum atomic E-state index is 0.658. The molecule has 0 aromatic heterocycles. The van der Waals surface area contributed by atoms with Gasteiger partial charge >= 0.3 is 0 Å². The van der Waals surface area contributed by atoms with Crippen LogP contribution in [0.3, 0.4) is 0 Å². The number of nitrogens with zero attached hydrogens (tertiary/aromatic N) is 1. The standard InChI is InChI=1S/C19H35N3/c1-2-15-8-10-17(11-9-15)18(22-19-20-12-13-21-19)14-16-6-4-3-5-7-16/h15-18H,2-14H2,1H3,(H2,20,21,22). The van der Waals surface area contributed by atoms with Crippen LogP contribution in [0.25, 0.3) is 0 Å². The highest BCUT2D eigenvalue weighted by Crippen LogP contribution is 2.36. The van der Waals surface area contributed by atoms with E-state index in [4.69, 9.17) is 0 Å². The summed E-state index contributed by atoms with van der Waals surface area (Å²) in [5.74, 6) is 3.90. The predicted molar refractivity (Wildman–Crippen MR) is 94.2 cm³/mol. The molecule has 1 unspecified atom stereocenters. The molecule has 0 radical (unpaired) electrons.